The Morgan fingerprint density at radius 1 is 1.19 bits per heavy atom. The van der Waals surface area contributed by atoms with Crippen LogP contribution in [-0.4, -0.2) is 36.4 Å². The molecule has 1 aromatic rings. The summed E-state index contributed by atoms with van der Waals surface area (Å²) >= 11 is 0. The summed E-state index contributed by atoms with van der Waals surface area (Å²) in [5, 5.41) is 3.22. The standard InChI is InChI=1S/C17H24N2O2/c20-17(21-16-10-6-11-18-16)19-12-5-4-9-15(19)13-14-7-2-1-3-8-14/h1-3,7-8,15-16,18H,4-6,9-13H2. The largest absolute Gasteiger partial charge is 0.430 e. The van der Waals surface area contributed by atoms with E-state index in [-0.39, 0.29) is 18.4 Å². The average molecular weight is 288 g/mol. The topological polar surface area (TPSA) is 41.6 Å². The smallest absolute Gasteiger partial charge is 0.411 e. The SMILES string of the molecule is O=C(OC1CCCN1)N1CCCCC1Cc1ccccc1. The van der Waals surface area contributed by atoms with Gasteiger partial charge in [-0.25, -0.2) is 4.79 Å². The van der Waals surface area contributed by atoms with Crippen molar-refractivity contribution in [3.8, 4) is 0 Å². The van der Waals surface area contributed by atoms with E-state index in [1.54, 1.807) is 0 Å². The Morgan fingerprint density at radius 2 is 2.05 bits per heavy atom. The predicted octanol–water partition coefficient (Wildman–Crippen LogP) is 2.93. The van der Waals surface area contributed by atoms with E-state index in [2.05, 4.69) is 29.6 Å². The van der Waals surface area contributed by atoms with Crippen LogP contribution in [0.5, 0.6) is 0 Å². The number of hydrogen-bond donors (Lipinski definition) is 1. The first-order chi connectivity index (χ1) is 10.3. The highest BCUT2D eigenvalue weighted by Gasteiger charge is 2.30. The van der Waals surface area contributed by atoms with Gasteiger partial charge in [-0.2, -0.15) is 0 Å². The molecule has 0 aromatic heterocycles. The lowest BCUT2D eigenvalue weighted by Gasteiger charge is -2.35. The van der Waals surface area contributed by atoms with Crippen LogP contribution in [0.1, 0.15) is 37.7 Å². The summed E-state index contributed by atoms with van der Waals surface area (Å²) in [4.78, 5) is 14.4. The average Bonchev–Trinajstić information content (AvgIpc) is 3.02. The van der Waals surface area contributed by atoms with Crippen LogP contribution in [0.4, 0.5) is 4.79 Å². The Balaban J connectivity index is 1.61. The van der Waals surface area contributed by atoms with Crippen molar-refractivity contribution in [1.82, 2.24) is 10.2 Å². The summed E-state index contributed by atoms with van der Waals surface area (Å²) in [5.41, 5.74) is 1.29. The van der Waals surface area contributed by atoms with Crippen LogP contribution >= 0.6 is 0 Å². The highest BCUT2D eigenvalue weighted by Crippen LogP contribution is 2.22. The molecule has 2 atom stereocenters. The van der Waals surface area contributed by atoms with Gasteiger partial charge in [0.2, 0.25) is 0 Å². The minimum atomic E-state index is -0.143. The molecule has 2 aliphatic heterocycles. The Labute approximate surface area is 126 Å². The molecule has 0 bridgehead atoms. The third-order valence-electron chi connectivity index (χ3n) is 4.43. The molecule has 2 aliphatic rings. The van der Waals surface area contributed by atoms with Crippen molar-refractivity contribution in [2.45, 2.75) is 50.8 Å². The maximum absolute atomic E-state index is 12.4. The first-order valence-corrected chi connectivity index (χ1v) is 8.07. The van der Waals surface area contributed by atoms with Crippen molar-refractivity contribution in [2.75, 3.05) is 13.1 Å². The number of nitrogens with one attached hydrogen (secondary N) is 1. The molecule has 2 unspecified atom stereocenters. The molecule has 0 saturated carbocycles. The van der Waals surface area contributed by atoms with Crippen LogP contribution in [0.15, 0.2) is 30.3 Å². The Hall–Kier alpha value is -1.55. The summed E-state index contributed by atoms with van der Waals surface area (Å²) in [5.74, 6) is 0. The molecule has 4 nitrogen and oxygen atoms in total. The number of likely N-dealkylation sites (tertiary alicyclic amines) is 1. The monoisotopic (exact) mass is 288 g/mol. The fourth-order valence-corrected chi connectivity index (χ4v) is 3.28. The fourth-order valence-electron chi connectivity index (χ4n) is 3.28. The van der Waals surface area contributed by atoms with E-state index in [9.17, 15) is 4.79 Å². The Bertz CT molecular complexity index is 457. The van der Waals surface area contributed by atoms with Gasteiger partial charge in [0.15, 0.2) is 6.23 Å². The second kappa shape index (κ2) is 6.94. The zero-order chi connectivity index (χ0) is 14.5. The second-order valence-corrected chi connectivity index (χ2v) is 6.00. The summed E-state index contributed by atoms with van der Waals surface area (Å²) in [6.07, 6.45) is 6.07. The van der Waals surface area contributed by atoms with Gasteiger partial charge in [-0.3, -0.25) is 5.32 Å². The first kappa shape index (κ1) is 14.4. The number of hydrogen-bond acceptors (Lipinski definition) is 3. The van der Waals surface area contributed by atoms with Crippen LogP contribution in [0.25, 0.3) is 0 Å². The highest BCUT2D eigenvalue weighted by molar-refractivity contribution is 5.68. The van der Waals surface area contributed by atoms with Gasteiger partial charge in [-0.15, -0.1) is 0 Å². The van der Waals surface area contributed by atoms with Crippen LogP contribution < -0.4 is 5.32 Å². The van der Waals surface area contributed by atoms with Crippen molar-refractivity contribution >= 4 is 6.09 Å². The normalized spacial score (nSPS) is 25.8. The lowest BCUT2D eigenvalue weighted by atomic mass is 9.96. The van der Waals surface area contributed by atoms with E-state index in [0.29, 0.717) is 0 Å². The molecular weight excluding hydrogens is 264 g/mol. The number of ether oxygens (including phenoxy) is 1. The summed E-state index contributed by atoms with van der Waals surface area (Å²) in [7, 11) is 0. The molecule has 2 fully saturated rings. The van der Waals surface area contributed by atoms with Crippen LogP contribution in [-0.2, 0) is 11.2 Å². The minimum Gasteiger partial charge on any atom is -0.430 e. The lowest BCUT2D eigenvalue weighted by molar-refractivity contribution is 0.0366. The maximum Gasteiger partial charge on any atom is 0.411 e. The van der Waals surface area contributed by atoms with Crippen LogP contribution in [0.2, 0.25) is 0 Å². The van der Waals surface area contributed by atoms with Crippen molar-refractivity contribution in [3.05, 3.63) is 35.9 Å². The van der Waals surface area contributed by atoms with Gasteiger partial charge in [0, 0.05) is 12.6 Å². The number of carbonyl (C=O) groups is 1. The molecule has 2 saturated heterocycles. The molecule has 3 rings (SSSR count). The number of piperidine rings is 1. The quantitative estimate of drug-likeness (QED) is 0.930. The molecule has 4 heteroatoms. The number of nitrogens with zero attached hydrogens (tertiary/aromatic N) is 1. The van der Waals surface area contributed by atoms with Crippen molar-refractivity contribution in [3.63, 3.8) is 0 Å². The van der Waals surface area contributed by atoms with Crippen LogP contribution in [0, 0.1) is 0 Å². The highest BCUT2D eigenvalue weighted by atomic mass is 16.6. The van der Waals surface area contributed by atoms with Crippen LogP contribution in [0.3, 0.4) is 0 Å². The van der Waals surface area contributed by atoms with Gasteiger partial charge in [0.25, 0.3) is 0 Å². The molecule has 1 N–H and O–H groups in total. The van der Waals surface area contributed by atoms with E-state index in [1.165, 1.54) is 12.0 Å². The Morgan fingerprint density at radius 3 is 2.81 bits per heavy atom. The van der Waals surface area contributed by atoms with Gasteiger partial charge < -0.3 is 9.64 Å². The number of rotatable bonds is 3. The molecule has 0 radical (unpaired) electrons. The summed E-state index contributed by atoms with van der Waals surface area (Å²) in [6, 6.07) is 10.7. The molecule has 1 amide bonds. The molecule has 0 spiro atoms. The summed E-state index contributed by atoms with van der Waals surface area (Å²) in [6.45, 7) is 1.77. The minimum absolute atomic E-state index is 0.0863. The fraction of sp³-hybridized carbons (Fsp3) is 0.588. The maximum atomic E-state index is 12.4. The predicted molar refractivity (Wildman–Crippen MR) is 82.0 cm³/mol. The first-order valence-electron chi connectivity index (χ1n) is 8.07. The van der Waals surface area contributed by atoms with E-state index in [1.807, 2.05) is 11.0 Å². The second-order valence-electron chi connectivity index (χ2n) is 6.00. The number of carbonyl (C=O) groups excluding carboxylic acids is 1. The zero-order valence-corrected chi connectivity index (χ0v) is 12.5. The third kappa shape index (κ3) is 3.76. The van der Waals surface area contributed by atoms with Gasteiger partial charge in [0.05, 0.1) is 0 Å². The van der Waals surface area contributed by atoms with Crippen molar-refractivity contribution in [1.29, 1.82) is 0 Å². The van der Waals surface area contributed by atoms with Crippen molar-refractivity contribution in [2.24, 2.45) is 0 Å². The van der Waals surface area contributed by atoms with E-state index >= 15 is 0 Å². The van der Waals surface area contributed by atoms with E-state index < -0.39 is 0 Å². The molecule has 0 aliphatic carbocycles. The third-order valence-corrected chi connectivity index (χ3v) is 4.43. The van der Waals surface area contributed by atoms with E-state index in [0.717, 1.165) is 45.2 Å². The van der Waals surface area contributed by atoms with Gasteiger partial charge >= 0.3 is 6.09 Å². The number of benzene rings is 1. The van der Waals surface area contributed by atoms with Crippen molar-refractivity contribution < 1.29 is 9.53 Å². The molecule has 21 heavy (non-hydrogen) atoms. The van der Waals surface area contributed by atoms with Gasteiger partial charge in [0.1, 0.15) is 0 Å². The molecule has 1 aromatic carbocycles. The summed E-state index contributed by atoms with van der Waals surface area (Å²) < 4.78 is 5.59. The van der Waals surface area contributed by atoms with Gasteiger partial charge in [-0.1, -0.05) is 30.3 Å². The van der Waals surface area contributed by atoms with Gasteiger partial charge in [-0.05, 0) is 50.6 Å². The van der Waals surface area contributed by atoms with E-state index in [4.69, 9.17) is 4.74 Å². The molecule has 114 valence electrons. The zero-order valence-electron chi connectivity index (χ0n) is 12.5. The Kier molecular flexibility index (Phi) is 4.76. The lowest BCUT2D eigenvalue weighted by Crippen LogP contribution is -2.47. The number of amides is 1. The molecule has 2 heterocycles. The molecular formula is C17H24N2O2.